The first-order valence-electron chi connectivity index (χ1n) is 6.10. The number of rotatable bonds is 3. The summed E-state index contributed by atoms with van der Waals surface area (Å²) in [5.41, 5.74) is 7.21. The standard InChI is InChI=1S/C12H22N4O/c1-12(2,16-6-8-17-9-7-16)11(13)10-4-5-15(3)14-10/h4-5,11H,6-9,13H2,1-3H3. The van der Waals surface area contributed by atoms with Gasteiger partial charge in [0.1, 0.15) is 0 Å². The molecule has 1 aromatic rings. The first kappa shape index (κ1) is 12.5. The molecule has 0 spiro atoms. The Kier molecular flexibility index (Phi) is 3.51. The van der Waals surface area contributed by atoms with E-state index in [2.05, 4.69) is 23.8 Å². The second kappa shape index (κ2) is 4.76. The van der Waals surface area contributed by atoms with Crippen LogP contribution in [0.5, 0.6) is 0 Å². The maximum absolute atomic E-state index is 6.36. The van der Waals surface area contributed by atoms with E-state index < -0.39 is 0 Å². The molecule has 96 valence electrons. The first-order chi connectivity index (χ1) is 8.01. The molecule has 1 aliphatic rings. The fourth-order valence-corrected chi connectivity index (χ4v) is 2.30. The molecule has 2 N–H and O–H groups in total. The third-order valence-electron chi connectivity index (χ3n) is 3.64. The van der Waals surface area contributed by atoms with Crippen LogP contribution in [0.1, 0.15) is 25.6 Å². The molecule has 0 aromatic carbocycles. The van der Waals surface area contributed by atoms with E-state index in [-0.39, 0.29) is 11.6 Å². The molecule has 1 unspecified atom stereocenters. The minimum absolute atomic E-state index is 0.0817. The number of ether oxygens (including phenoxy) is 1. The zero-order valence-corrected chi connectivity index (χ0v) is 10.9. The number of nitrogens with zero attached hydrogens (tertiary/aromatic N) is 3. The van der Waals surface area contributed by atoms with Gasteiger partial charge in [-0.1, -0.05) is 0 Å². The van der Waals surface area contributed by atoms with Gasteiger partial charge in [-0.2, -0.15) is 5.10 Å². The molecule has 0 aliphatic carbocycles. The largest absolute Gasteiger partial charge is 0.379 e. The van der Waals surface area contributed by atoms with Gasteiger partial charge in [0.2, 0.25) is 0 Å². The highest BCUT2D eigenvalue weighted by Gasteiger charge is 2.36. The van der Waals surface area contributed by atoms with Crippen LogP contribution >= 0.6 is 0 Å². The maximum atomic E-state index is 6.36. The smallest absolute Gasteiger partial charge is 0.0810 e. The highest BCUT2D eigenvalue weighted by atomic mass is 16.5. The predicted octanol–water partition coefficient (Wildman–Crippen LogP) is 0.531. The van der Waals surface area contributed by atoms with E-state index in [1.807, 2.05) is 19.3 Å². The molecule has 0 bridgehead atoms. The van der Waals surface area contributed by atoms with Crippen LogP contribution in [0.3, 0.4) is 0 Å². The van der Waals surface area contributed by atoms with E-state index in [1.165, 1.54) is 0 Å². The third-order valence-corrected chi connectivity index (χ3v) is 3.64. The fourth-order valence-electron chi connectivity index (χ4n) is 2.30. The average Bonchev–Trinajstić information content (AvgIpc) is 2.76. The predicted molar refractivity (Wildman–Crippen MR) is 66.6 cm³/mol. The Morgan fingerprint density at radius 1 is 1.41 bits per heavy atom. The van der Waals surface area contributed by atoms with Crippen molar-refractivity contribution in [2.24, 2.45) is 12.8 Å². The molecule has 1 fully saturated rings. The minimum Gasteiger partial charge on any atom is -0.379 e. The van der Waals surface area contributed by atoms with Crippen molar-refractivity contribution in [1.82, 2.24) is 14.7 Å². The molecular weight excluding hydrogens is 216 g/mol. The summed E-state index contributed by atoms with van der Waals surface area (Å²) in [6.07, 6.45) is 1.94. The van der Waals surface area contributed by atoms with Crippen molar-refractivity contribution in [2.75, 3.05) is 26.3 Å². The van der Waals surface area contributed by atoms with Crippen LogP contribution in [0.25, 0.3) is 0 Å². The van der Waals surface area contributed by atoms with E-state index in [0.717, 1.165) is 32.0 Å². The van der Waals surface area contributed by atoms with E-state index >= 15 is 0 Å². The molecule has 0 amide bonds. The van der Waals surface area contributed by atoms with Crippen LogP contribution in [0.2, 0.25) is 0 Å². The lowest BCUT2D eigenvalue weighted by Gasteiger charge is -2.43. The zero-order valence-electron chi connectivity index (χ0n) is 10.9. The van der Waals surface area contributed by atoms with E-state index in [9.17, 15) is 0 Å². The summed E-state index contributed by atoms with van der Waals surface area (Å²) in [5, 5.41) is 4.41. The molecular formula is C12H22N4O. The molecule has 5 nitrogen and oxygen atoms in total. The second-order valence-corrected chi connectivity index (χ2v) is 5.15. The van der Waals surface area contributed by atoms with E-state index in [0.29, 0.717) is 0 Å². The van der Waals surface area contributed by atoms with Crippen LogP contribution in [0, 0.1) is 0 Å². The number of aromatic nitrogens is 2. The van der Waals surface area contributed by atoms with Gasteiger partial charge in [-0.3, -0.25) is 9.58 Å². The van der Waals surface area contributed by atoms with E-state index in [1.54, 1.807) is 4.68 Å². The Bertz CT molecular complexity index is 368. The Hall–Kier alpha value is -0.910. The summed E-state index contributed by atoms with van der Waals surface area (Å²) in [7, 11) is 1.91. The number of morpholine rings is 1. The Morgan fingerprint density at radius 3 is 2.59 bits per heavy atom. The second-order valence-electron chi connectivity index (χ2n) is 5.15. The molecule has 2 rings (SSSR count). The normalized spacial score (nSPS) is 20.5. The van der Waals surface area contributed by atoms with Gasteiger partial charge in [0, 0.05) is 31.9 Å². The topological polar surface area (TPSA) is 56.3 Å². The number of aryl methyl sites for hydroxylation is 1. The summed E-state index contributed by atoms with van der Waals surface area (Å²) < 4.78 is 7.18. The Balaban J connectivity index is 2.13. The first-order valence-corrected chi connectivity index (χ1v) is 6.10. The SMILES string of the molecule is Cn1ccc(C(N)C(C)(C)N2CCOCC2)n1. The quantitative estimate of drug-likeness (QED) is 0.834. The van der Waals surface area contributed by atoms with Gasteiger partial charge in [-0.25, -0.2) is 0 Å². The highest BCUT2D eigenvalue weighted by molar-refractivity contribution is 5.11. The summed E-state index contributed by atoms with van der Waals surface area (Å²) in [5.74, 6) is 0. The van der Waals surface area contributed by atoms with Crippen molar-refractivity contribution < 1.29 is 4.74 Å². The lowest BCUT2D eigenvalue weighted by molar-refractivity contribution is -0.0195. The van der Waals surface area contributed by atoms with Crippen molar-refractivity contribution in [3.63, 3.8) is 0 Å². The van der Waals surface area contributed by atoms with Crippen LogP contribution in [0.15, 0.2) is 12.3 Å². The average molecular weight is 238 g/mol. The van der Waals surface area contributed by atoms with Crippen molar-refractivity contribution in [2.45, 2.75) is 25.4 Å². The number of hydrogen-bond acceptors (Lipinski definition) is 4. The molecule has 1 aromatic heterocycles. The molecule has 0 saturated carbocycles. The summed E-state index contributed by atoms with van der Waals surface area (Å²) >= 11 is 0. The van der Waals surface area contributed by atoms with Crippen LogP contribution in [-0.4, -0.2) is 46.5 Å². The maximum Gasteiger partial charge on any atom is 0.0810 e. The van der Waals surface area contributed by atoms with Gasteiger partial charge in [0.25, 0.3) is 0 Å². The van der Waals surface area contributed by atoms with Gasteiger partial charge in [-0.05, 0) is 19.9 Å². The molecule has 0 radical (unpaired) electrons. The minimum atomic E-state index is -0.0991. The van der Waals surface area contributed by atoms with Gasteiger partial charge in [0.05, 0.1) is 24.9 Å². The van der Waals surface area contributed by atoms with Gasteiger partial charge in [0.15, 0.2) is 0 Å². The molecule has 17 heavy (non-hydrogen) atoms. The molecule has 2 heterocycles. The van der Waals surface area contributed by atoms with Crippen LogP contribution in [0.4, 0.5) is 0 Å². The summed E-state index contributed by atoms with van der Waals surface area (Å²) in [4.78, 5) is 2.38. The van der Waals surface area contributed by atoms with Crippen LogP contribution in [-0.2, 0) is 11.8 Å². The number of hydrogen-bond donors (Lipinski definition) is 1. The molecule has 1 saturated heterocycles. The summed E-state index contributed by atoms with van der Waals surface area (Å²) in [6.45, 7) is 7.81. The monoisotopic (exact) mass is 238 g/mol. The van der Waals surface area contributed by atoms with Crippen molar-refractivity contribution >= 4 is 0 Å². The third kappa shape index (κ3) is 2.51. The molecule has 1 atom stereocenters. The van der Waals surface area contributed by atoms with Gasteiger partial charge >= 0.3 is 0 Å². The fraction of sp³-hybridized carbons (Fsp3) is 0.750. The molecule has 5 heteroatoms. The zero-order chi connectivity index (χ0) is 12.5. The Morgan fingerprint density at radius 2 is 2.06 bits per heavy atom. The Labute approximate surface area is 103 Å². The van der Waals surface area contributed by atoms with Gasteiger partial charge in [-0.15, -0.1) is 0 Å². The van der Waals surface area contributed by atoms with Crippen LogP contribution < -0.4 is 5.73 Å². The lowest BCUT2D eigenvalue weighted by atomic mass is 9.90. The van der Waals surface area contributed by atoms with E-state index in [4.69, 9.17) is 10.5 Å². The van der Waals surface area contributed by atoms with Crippen molar-refractivity contribution in [3.05, 3.63) is 18.0 Å². The highest BCUT2D eigenvalue weighted by Crippen LogP contribution is 2.28. The number of nitrogens with two attached hydrogens (primary N) is 1. The molecule has 1 aliphatic heterocycles. The summed E-state index contributed by atoms with van der Waals surface area (Å²) in [6, 6.07) is 1.91. The van der Waals surface area contributed by atoms with Crippen molar-refractivity contribution in [3.8, 4) is 0 Å². The van der Waals surface area contributed by atoms with Crippen molar-refractivity contribution in [1.29, 1.82) is 0 Å². The van der Waals surface area contributed by atoms with Gasteiger partial charge < -0.3 is 10.5 Å². The lowest BCUT2D eigenvalue weighted by Crippen LogP contribution is -2.55.